The normalized spacial score (nSPS) is 10.2. The minimum Gasteiger partial charge on any atom is -0.494 e. The molecule has 0 unspecified atom stereocenters. The molecule has 0 aromatic heterocycles. The van der Waals surface area contributed by atoms with Crippen LogP contribution in [0.15, 0.2) is 22.7 Å². The summed E-state index contributed by atoms with van der Waals surface area (Å²) in [6.07, 6.45) is 3.40. The molecule has 0 saturated carbocycles. The number of ether oxygens (including phenoxy) is 2. The van der Waals surface area contributed by atoms with Crippen LogP contribution in [0.1, 0.15) is 38.7 Å². The highest BCUT2D eigenvalue weighted by Crippen LogP contribution is 2.23. The lowest BCUT2D eigenvalue weighted by atomic mass is 10.2. The molecule has 0 radical (unpaired) electrons. The summed E-state index contributed by atoms with van der Waals surface area (Å²) in [5, 5.41) is 3.44. The van der Waals surface area contributed by atoms with Crippen LogP contribution in [0, 0.1) is 0 Å². The maximum Gasteiger partial charge on any atom is 0.123 e. The summed E-state index contributed by atoms with van der Waals surface area (Å²) in [6.45, 7) is 8.39. The van der Waals surface area contributed by atoms with Crippen molar-refractivity contribution in [2.45, 2.75) is 39.7 Å². The monoisotopic (exact) mass is 379 g/mol. The Labute approximate surface area is 143 Å². The minimum atomic E-state index is 0. The van der Waals surface area contributed by atoms with Gasteiger partial charge >= 0.3 is 0 Å². The van der Waals surface area contributed by atoms with Gasteiger partial charge in [0.25, 0.3) is 0 Å². The van der Waals surface area contributed by atoms with Crippen molar-refractivity contribution in [1.29, 1.82) is 0 Å². The molecule has 122 valence electrons. The second-order valence-electron chi connectivity index (χ2n) is 4.68. The molecule has 0 fully saturated rings. The average molecular weight is 381 g/mol. The summed E-state index contributed by atoms with van der Waals surface area (Å²) in [6, 6.07) is 6.13. The fourth-order valence-corrected chi connectivity index (χ4v) is 2.26. The minimum absolute atomic E-state index is 0. The van der Waals surface area contributed by atoms with Crippen LogP contribution in [-0.4, -0.2) is 26.4 Å². The van der Waals surface area contributed by atoms with E-state index in [1.807, 2.05) is 19.1 Å². The zero-order chi connectivity index (χ0) is 14.6. The van der Waals surface area contributed by atoms with Crippen molar-refractivity contribution in [2.24, 2.45) is 0 Å². The number of hydrogen-bond donors (Lipinski definition) is 1. The van der Waals surface area contributed by atoms with Crippen LogP contribution in [0.25, 0.3) is 0 Å². The fourth-order valence-electron chi connectivity index (χ4n) is 1.85. The third-order valence-electron chi connectivity index (χ3n) is 2.92. The third kappa shape index (κ3) is 9.35. The first-order valence-electron chi connectivity index (χ1n) is 7.47. The van der Waals surface area contributed by atoms with Crippen LogP contribution < -0.4 is 10.1 Å². The Morgan fingerprint density at radius 2 is 1.90 bits per heavy atom. The Morgan fingerprint density at radius 3 is 2.62 bits per heavy atom. The van der Waals surface area contributed by atoms with Gasteiger partial charge in [-0.2, -0.15) is 0 Å². The summed E-state index contributed by atoms with van der Waals surface area (Å²) in [5.74, 6) is 0.961. The van der Waals surface area contributed by atoms with E-state index in [1.54, 1.807) is 0 Å². The molecular weight excluding hydrogens is 354 g/mol. The highest BCUT2D eigenvalue weighted by atomic mass is 79.9. The van der Waals surface area contributed by atoms with Crippen LogP contribution in [0.2, 0.25) is 0 Å². The lowest BCUT2D eigenvalue weighted by Crippen LogP contribution is -2.17. The highest BCUT2D eigenvalue weighted by molar-refractivity contribution is 9.10. The molecule has 0 aliphatic rings. The Hall–Kier alpha value is -0.290. The maximum absolute atomic E-state index is 5.63. The molecule has 0 aliphatic carbocycles. The van der Waals surface area contributed by atoms with Crippen LogP contribution in [0.3, 0.4) is 0 Å². The first-order valence-corrected chi connectivity index (χ1v) is 8.27. The summed E-state index contributed by atoms with van der Waals surface area (Å²) >= 11 is 3.50. The van der Waals surface area contributed by atoms with Crippen molar-refractivity contribution in [1.82, 2.24) is 5.32 Å². The molecule has 0 bridgehead atoms. The van der Waals surface area contributed by atoms with E-state index < -0.39 is 0 Å². The lowest BCUT2D eigenvalue weighted by Gasteiger charge is -2.11. The predicted molar refractivity (Wildman–Crippen MR) is 94.6 cm³/mol. The Balaban J connectivity index is 0.00000400. The van der Waals surface area contributed by atoms with Crippen molar-refractivity contribution in [3.8, 4) is 5.75 Å². The van der Waals surface area contributed by atoms with E-state index >= 15 is 0 Å². The van der Waals surface area contributed by atoms with Crippen molar-refractivity contribution >= 4 is 28.3 Å². The Morgan fingerprint density at radius 1 is 1.14 bits per heavy atom. The van der Waals surface area contributed by atoms with Gasteiger partial charge in [-0.05, 0) is 44.5 Å². The van der Waals surface area contributed by atoms with E-state index in [-0.39, 0.29) is 12.4 Å². The number of benzene rings is 1. The largest absolute Gasteiger partial charge is 0.494 e. The topological polar surface area (TPSA) is 30.5 Å². The average Bonchev–Trinajstić information content (AvgIpc) is 2.44. The van der Waals surface area contributed by atoms with E-state index in [4.69, 9.17) is 9.47 Å². The number of rotatable bonds is 11. The summed E-state index contributed by atoms with van der Waals surface area (Å²) in [5.41, 5.74) is 1.19. The molecule has 0 spiro atoms. The molecule has 0 aliphatic heterocycles. The van der Waals surface area contributed by atoms with Gasteiger partial charge < -0.3 is 14.8 Å². The number of nitrogens with one attached hydrogen (secondary N) is 1. The van der Waals surface area contributed by atoms with Gasteiger partial charge in [0.1, 0.15) is 5.75 Å². The van der Waals surface area contributed by atoms with Crippen molar-refractivity contribution in [3.63, 3.8) is 0 Å². The lowest BCUT2D eigenvalue weighted by molar-refractivity contribution is 0.128. The van der Waals surface area contributed by atoms with Gasteiger partial charge in [0.05, 0.1) is 6.61 Å². The molecule has 5 heteroatoms. The summed E-state index contributed by atoms with van der Waals surface area (Å²) < 4.78 is 12.2. The van der Waals surface area contributed by atoms with Crippen LogP contribution in [0.5, 0.6) is 5.75 Å². The highest BCUT2D eigenvalue weighted by Gasteiger charge is 2.03. The van der Waals surface area contributed by atoms with E-state index in [2.05, 4.69) is 34.2 Å². The molecule has 0 heterocycles. The predicted octanol–water partition coefficient (Wildman–Crippen LogP) is 4.57. The molecular formula is C16H27BrClNO2. The van der Waals surface area contributed by atoms with Crippen molar-refractivity contribution in [3.05, 3.63) is 28.2 Å². The molecule has 0 atom stereocenters. The van der Waals surface area contributed by atoms with Gasteiger partial charge in [-0.15, -0.1) is 12.4 Å². The first kappa shape index (κ1) is 20.7. The van der Waals surface area contributed by atoms with Crippen molar-refractivity contribution < 1.29 is 9.47 Å². The van der Waals surface area contributed by atoms with Crippen LogP contribution >= 0.6 is 28.3 Å². The molecule has 1 aromatic carbocycles. The second-order valence-corrected chi connectivity index (χ2v) is 5.60. The van der Waals surface area contributed by atoms with Gasteiger partial charge in [-0.1, -0.05) is 29.3 Å². The molecule has 1 aromatic rings. The summed E-state index contributed by atoms with van der Waals surface area (Å²) in [4.78, 5) is 0. The quantitative estimate of drug-likeness (QED) is 0.571. The number of halogens is 2. The van der Waals surface area contributed by atoms with E-state index in [0.29, 0.717) is 6.61 Å². The maximum atomic E-state index is 5.63. The molecule has 21 heavy (non-hydrogen) atoms. The molecule has 3 nitrogen and oxygen atoms in total. The third-order valence-corrected chi connectivity index (χ3v) is 3.42. The Kier molecular flexibility index (Phi) is 13.2. The first-order chi connectivity index (χ1) is 9.77. The molecule has 0 amide bonds. The molecule has 0 saturated heterocycles. The van der Waals surface area contributed by atoms with E-state index in [1.165, 1.54) is 12.0 Å². The zero-order valence-corrected chi connectivity index (χ0v) is 15.4. The van der Waals surface area contributed by atoms with Gasteiger partial charge in [0.15, 0.2) is 0 Å². The molecule has 1 rings (SSSR count). The van der Waals surface area contributed by atoms with Gasteiger partial charge in [-0.3, -0.25) is 0 Å². The SMILES string of the molecule is CCCCOCCCNCc1cc(Br)ccc1OCC.Cl. The fraction of sp³-hybridized carbons (Fsp3) is 0.625. The number of unbranched alkanes of at least 4 members (excludes halogenated alkanes) is 1. The van der Waals surface area contributed by atoms with E-state index in [9.17, 15) is 0 Å². The molecule has 1 N–H and O–H groups in total. The second kappa shape index (κ2) is 13.4. The van der Waals surface area contributed by atoms with E-state index in [0.717, 1.165) is 49.4 Å². The van der Waals surface area contributed by atoms with Crippen LogP contribution in [0.4, 0.5) is 0 Å². The zero-order valence-electron chi connectivity index (χ0n) is 13.0. The number of hydrogen-bond acceptors (Lipinski definition) is 3. The van der Waals surface area contributed by atoms with Gasteiger partial charge in [0, 0.05) is 29.8 Å². The van der Waals surface area contributed by atoms with Gasteiger partial charge in [-0.25, -0.2) is 0 Å². The van der Waals surface area contributed by atoms with Crippen molar-refractivity contribution in [2.75, 3.05) is 26.4 Å². The smallest absolute Gasteiger partial charge is 0.123 e. The standard InChI is InChI=1S/C16H26BrNO2.ClH/c1-3-5-10-19-11-6-9-18-13-14-12-15(17)7-8-16(14)20-4-2;/h7-8,12,18H,3-6,9-11,13H2,1-2H3;1H. The van der Waals surface area contributed by atoms with Gasteiger partial charge in [0.2, 0.25) is 0 Å². The Bertz CT molecular complexity index is 377. The van der Waals surface area contributed by atoms with Crippen LogP contribution in [-0.2, 0) is 11.3 Å². The summed E-state index contributed by atoms with van der Waals surface area (Å²) in [7, 11) is 0.